The normalized spacial score (nSPS) is 17.2. The highest BCUT2D eigenvalue weighted by Crippen LogP contribution is 2.32. The van der Waals surface area contributed by atoms with Gasteiger partial charge in [-0.1, -0.05) is 43.2 Å². The molecule has 3 heteroatoms. The van der Waals surface area contributed by atoms with Crippen LogP contribution in [-0.4, -0.2) is 16.6 Å². The molecule has 1 fully saturated rings. The van der Waals surface area contributed by atoms with Gasteiger partial charge >= 0.3 is 0 Å². The first-order valence-corrected chi connectivity index (χ1v) is 7.16. The molecule has 1 amide bonds. The summed E-state index contributed by atoms with van der Waals surface area (Å²) in [5, 5.41) is 15.4. The molecule has 0 radical (unpaired) electrons. The summed E-state index contributed by atoms with van der Waals surface area (Å²) in [6.45, 7) is 0. The molecule has 0 unspecified atom stereocenters. The summed E-state index contributed by atoms with van der Waals surface area (Å²) in [4.78, 5) is 12.0. The summed E-state index contributed by atoms with van der Waals surface area (Å²) >= 11 is 0. The number of hydrogen-bond acceptors (Lipinski definition) is 2. The van der Waals surface area contributed by atoms with E-state index in [9.17, 15) is 9.90 Å². The van der Waals surface area contributed by atoms with E-state index < -0.39 is 5.60 Å². The zero-order valence-electron chi connectivity index (χ0n) is 11.4. The van der Waals surface area contributed by atoms with Crippen molar-refractivity contribution < 1.29 is 9.90 Å². The molecule has 104 valence electrons. The third kappa shape index (κ3) is 2.83. The molecule has 3 rings (SSSR count). The van der Waals surface area contributed by atoms with Crippen molar-refractivity contribution in [1.82, 2.24) is 0 Å². The van der Waals surface area contributed by atoms with Crippen molar-refractivity contribution in [2.45, 2.75) is 37.7 Å². The number of aliphatic hydroxyl groups is 1. The number of carbonyl (C=O) groups is 1. The summed E-state index contributed by atoms with van der Waals surface area (Å²) in [7, 11) is 0. The zero-order valence-corrected chi connectivity index (χ0v) is 11.4. The Bertz CT molecular complexity index is 630. The summed E-state index contributed by atoms with van der Waals surface area (Å²) in [5.41, 5.74) is -0.00343. The van der Waals surface area contributed by atoms with Crippen LogP contribution in [0.4, 0.5) is 5.69 Å². The van der Waals surface area contributed by atoms with Crippen molar-refractivity contribution >= 4 is 22.4 Å². The molecule has 20 heavy (non-hydrogen) atoms. The largest absolute Gasteiger partial charge is 0.389 e. The highest BCUT2D eigenvalue weighted by Gasteiger charge is 2.33. The van der Waals surface area contributed by atoms with Crippen LogP contribution in [0.5, 0.6) is 0 Å². The second kappa shape index (κ2) is 5.25. The maximum Gasteiger partial charge on any atom is 0.227 e. The van der Waals surface area contributed by atoms with E-state index in [1.807, 2.05) is 42.5 Å². The molecule has 1 saturated carbocycles. The van der Waals surface area contributed by atoms with Gasteiger partial charge in [0.15, 0.2) is 0 Å². The average Bonchev–Trinajstić information content (AvgIpc) is 2.84. The zero-order chi connectivity index (χ0) is 14.0. The molecule has 0 heterocycles. The Morgan fingerprint density at radius 2 is 1.80 bits per heavy atom. The highest BCUT2D eigenvalue weighted by atomic mass is 16.3. The van der Waals surface area contributed by atoms with Crippen LogP contribution in [0.25, 0.3) is 10.8 Å². The Morgan fingerprint density at radius 1 is 1.10 bits per heavy atom. The van der Waals surface area contributed by atoms with Gasteiger partial charge in [0.05, 0.1) is 12.0 Å². The average molecular weight is 269 g/mol. The lowest BCUT2D eigenvalue weighted by molar-refractivity contribution is -0.120. The van der Waals surface area contributed by atoms with E-state index in [1.54, 1.807) is 0 Å². The van der Waals surface area contributed by atoms with Crippen molar-refractivity contribution in [3.63, 3.8) is 0 Å². The van der Waals surface area contributed by atoms with E-state index in [1.165, 1.54) is 0 Å². The molecule has 1 aliphatic carbocycles. The molecular formula is C17H19NO2. The van der Waals surface area contributed by atoms with Crippen LogP contribution >= 0.6 is 0 Å². The first-order chi connectivity index (χ1) is 9.65. The molecular weight excluding hydrogens is 250 g/mol. The van der Waals surface area contributed by atoms with E-state index in [4.69, 9.17) is 0 Å². The standard InChI is InChI=1S/C17H19NO2/c19-16(12-17(20)9-3-4-10-17)18-15-8-7-13-5-1-2-6-14(13)11-15/h1-2,5-8,11,20H,3-4,9-10,12H2,(H,18,19). The van der Waals surface area contributed by atoms with Gasteiger partial charge in [-0.2, -0.15) is 0 Å². The fourth-order valence-corrected chi connectivity index (χ4v) is 2.98. The van der Waals surface area contributed by atoms with Crippen LogP contribution in [0.3, 0.4) is 0 Å². The fourth-order valence-electron chi connectivity index (χ4n) is 2.98. The SMILES string of the molecule is O=C(CC1(O)CCCC1)Nc1ccc2ccccc2c1. The first-order valence-electron chi connectivity index (χ1n) is 7.16. The second-order valence-corrected chi connectivity index (χ2v) is 5.72. The Labute approximate surface area is 118 Å². The van der Waals surface area contributed by atoms with Crippen molar-refractivity contribution in [3.8, 4) is 0 Å². The number of benzene rings is 2. The van der Waals surface area contributed by atoms with E-state index in [-0.39, 0.29) is 12.3 Å². The highest BCUT2D eigenvalue weighted by molar-refractivity contribution is 5.94. The summed E-state index contributed by atoms with van der Waals surface area (Å²) < 4.78 is 0. The molecule has 1 aliphatic rings. The second-order valence-electron chi connectivity index (χ2n) is 5.72. The van der Waals surface area contributed by atoms with Gasteiger partial charge in [-0.3, -0.25) is 4.79 Å². The number of nitrogens with one attached hydrogen (secondary N) is 1. The van der Waals surface area contributed by atoms with E-state index in [0.29, 0.717) is 0 Å². The van der Waals surface area contributed by atoms with Gasteiger partial charge in [-0.15, -0.1) is 0 Å². The van der Waals surface area contributed by atoms with Crippen molar-refractivity contribution in [2.75, 3.05) is 5.32 Å². The molecule has 2 aromatic rings. The van der Waals surface area contributed by atoms with Gasteiger partial charge in [-0.25, -0.2) is 0 Å². The summed E-state index contributed by atoms with van der Waals surface area (Å²) in [5.74, 6) is -0.107. The summed E-state index contributed by atoms with van der Waals surface area (Å²) in [6.07, 6.45) is 3.69. The molecule has 3 nitrogen and oxygen atoms in total. The maximum atomic E-state index is 12.0. The number of carbonyl (C=O) groups excluding carboxylic acids is 1. The molecule has 0 aliphatic heterocycles. The molecule has 0 spiro atoms. The lowest BCUT2D eigenvalue weighted by Gasteiger charge is -2.21. The van der Waals surface area contributed by atoms with Gasteiger partial charge in [0, 0.05) is 5.69 Å². The Balaban J connectivity index is 1.70. The molecule has 0 atom stereocenters. The molecule has 0 bridgehead atoms. The Kier molecular flexibility index (Phi) is 3.45. The van der Waals surface area contributed by atoms with Gasteiger partial charge in [0.25, 0.3) is 0 Å². The third-order valence-electron chi connectivity index (χ3n) is 4.06. The third-order valence-corrected chi connectivity index (χ3v) is 4.06. The van der Waals surface area contributed by atoms with Crippen LogP contribution in [0, 0.1) is 0 Å². The van der Waals surface area contributed by atoms with Gasteiger partial charge in [-0.05, 0) is 35.7 Å². The van der Waals surface area contributed by atoms with E-state index >= 15 is 0 Å². The lowest BCUT2D eigenvalue weighted by Crippen LogP contribution is -2.30. The van der Waals surface area contributed by atoms with Crippen molar-refractivity contribution in [2.24, 2.45) is 0 Å². The first kappa shape index (κ1) is 13.1. The van der Waals surface area contributed by atoms with Crippen molar-refractivity contribution in [1.29, 1.82) is 0 Å². The number of amides is 1. The minimum atomic E-state index is -0.791. The monoisotopic (exact) mass is 269 g/mol. The van der Waals surface area contributed by atoms with Crippen LogP contribution in [0.1, 0.15) is 32.1 Å². The van der Waals surface area contributed by atoms with Gasteiger partial charge in [0.2, 0.25) is 5.91 Å². The number of hydrogen-bond donors (Lipinski definition) is 2. The quantitative estimate of drug-likeness (QED) is 0.896. The maximum absolute atomic E-state index is 12.0. The number of anilines is 1. The molecule has 0 saturated heterocycles. The minimum absolute atomic E-state index is 0.107. The predicted molar refractivity (Wildman–Crippen MR) is 80.6 cm³/mol. The van der Waals surface area contributed by atoms with Crippen molar-refractivity contribution in [3.05, 3.63) is 42.5 Å². The van der Waals surface area contributed by atoms with Crippen LogP contribution in [0.15, 0.2) is 42.5 Å². The number of fused-ring (bicyclic) bond motifs is 1. The summed E-state index contributed by atoms with van der Waals surface area (Å²) in [6, 6.07) is 13.9. The number of rotatable bonds is 3. The van der Waals surface area contributed by atoms with Gasteiger partial charge in [0.1, 0.15) is 0 Å². The lowest BCUT2D eigenvalue weighted by atomic mass is 9.97. The molecule has 2 N–H and O–H groups in total. The van der Waals surface area contributed by atoms with Crippen LogP contribution in [0.2, 0.25) is 0 Å². The molecule has 0 aromatic heterocycles. The Hall–Kier alpha value is -1.87. The Morgan fingerprint density at radius 3 is 2.55 bits per heavy atom. The van der Waals surface area contributed by atoms with Gasteiger partial charge < -0.3 is 10.4 Å². The van der Waals surface area contributed by atoms with E-state index in [2.05, 4.69) is 5.32 Å². The smallest absolute Gasteiger partial charge is 0.227 e. The minimum Gasteiger partial charge on any atom is -0.389 e. The predicted octanol–water partition coefficient (Wildman–Crippen LogP) is 3.47. The van der Waals surface area contributed by atoms with Crippen LogP contribution in [-0.2, 0) is 4.79 Å². The topological polar surface area (TPSA) is 49.3 Å². The molecule has 2 aromatic carbocycles. The van der Waals surface area contributed by atoms with E-state index in [0.717, 1.165) is 42.1 Å². The fraction of sp³-hybridized carbons (Fsp3) is 0.353. The van der Waals surface area contributed by atoms with Crippen LogP contribution < -0.4 is 5.32 Å².